The summed E-state index contributed by atoms with van der Waals surface area (Å²) < 4.78 is 6.14. The van der Waals surface area contributed by atoms with Crippen molar-refractivity contribution in [2.45, 2.75) is 33.2 Å². The minimum Gasteiger partial charge on any atom is -0.465 e. The lowest BCUT2D eigenvalue weighted by atomic mass is 10.3. The Kier molecular flexibility index (Phi) is 10.7. The van der Waals surface area contributed by atoms with E-state index >= 15 is 0 Å². The van der Waals surface area contributed by atoms with Crippen LogP contribution in [0, 0.1) is 6.92 Å². The summed E-state index contributed by atoms with van der Waals surface area (Å²) in [7, 11) is 0. The highest BCUT2D eigenvalue weighted by atomic mass is 16.5. The van der Waals surface area contributed by atoms with Crippen LogP contribution in [0.3, 0.4) is 0 Å². The van der Waals surface area contributed by atoms with Gasteiger partial charge in [0.15, 0.2) is 0 Å². The number of rotatable bonds is 3. The molecule has 1 fully saturated rings. The molecule has 136 valence electrons. The molecular formula is C20H28N2O3. The van der Waals surface area contributed by atoms with Crippen molar-refractivity contribution in [2.24, 2.45) is 0 Å². The fraction of sp³-hybridized carbons (Fsp3) is 0.400. The molecule has 1 aromatic carbocycles. The molecule has 2 heterocycles. The summed E-state index contributed by atoms with van der Waals surface area (Å²) >= 11 is 0. The number of nitrogens with one attached hydrogen (secondary N) is 1. The van der Waals surface area contributed by atoms with Crippen LogP contribution in [0.5, 0.6) is 0 Å². The number of benzene rings is 1. The molecular weight excluding hydrogens is 316 g/mol. The molecule has 0 amide bonds. The van der Waals surface area contributed by atoms with Crippen LogP contribution >= 0.6 is 0 Å². The summed E-state index contributed by atoms with van der Waals surface area (Å²) in [4.78, 5) is 22.5. The van der Waals surface area contributed by atoms with Crippen molar-refractivity contribution in [3.63, 3.8) is 0 Å². The lowest BCUT2D eigenvalue weighted by molar-refractivity contribution is -0.143. The Labute approximate surface area is 149 Å². The Morgan fingerprint density at radius 3 is 2.00 bits per heavy atom. The molecule has 1 aliphatic heterocycles. The Balaban J connectivity index is 0.000000230. The standard InChI is InChI=1S/C10H13NO3.C6H6.C4H9N/c1-3-14-10(13)7-11-8(2)5-4-6-9(11)12;1-2-4-6-5-3-1;1-2-4-5-3-1/h4-6H,3,7H2,1-2H3;1-6H;5H,1-4H2. The maximum atomic E-state index is 11.3. The van der Waals surface area contributed by atoms with E-state index in [9.17, 15) is 9.59 Å². The zero-order valence-corrected chi connectivity index (χ0v) is 15.1. The molecule has 0 atom stereocenters. The molecule has 1 saturated heterocycles. The molecule has 0 unspecified atom stereocenters. The molecule has 2 aromatic rings. The van der Waals surface area contributed by atoms with Crippen LogP contribution in [-0.2, 0) is 16.1 Å². The average Bonchev–Trinajstić information content (AvgIpc) is 3.21. The predicted molar refractivity (Wildman–Crippen MR) is 101 cm³/mol. The van der Waals surface area contributed by atoms with Crippen molar-refractivity contribution in [3.8, 4) is 0 Å². The number of carbonyl (C=O) groups is 1. The minimum atomic E-state index is -0.385. The normalized spacial score (nSPS) is 12.2. The summed E-state index contributed by atoms with van der Waals surface area (Å²) in [5, 5.41) is 3.22. The quantitative estimate of drug-likeness (QED) is 0.870. The molecule has 1 N–H and O–H groups in total. The maximum absolute atomic E-state index is 11.3. The van der Waals surface area contributed by atoms with Gasteiger partial charge in [-0.25, -0.2) is 0 Å². The second-order valence-corrected chi connectivity index (χ2v) is 5.51. The SMILES string of the molecule is C1CCNC1.CCOC(=O)Cn1c(C)cccc1=O.c1ccccc1. The van der Waals surface area contributed by atoms with E-state index in [2.05, 4.69) is 5.32 Å². The fourth-order valence-electron chi connectivity index (χ4n) is 2.17. The first-order valence-electron chi connectivity index (χ1n) is 8.68. The van der Waals surface area contributed by atoms with Gasteiger partial charge in [-0.3, -0.25) is 9.59 Å². The van der Waals surface area contributed by atoms with E-state index in [1.165, 1.54) is 36.6 Å². The fourth-order valence-corrected chi connectivity index (χ4v) is 2.17. The van der Waals surface area contributed by atoms with Crippen LogP contribution in [0.4, 0.5) is 0 Å². The van der Waals surface area contributed by atoms with E-state index in [0.717, 1.165) is 5.69 Å². The van der Waals surface area contributed by atoms with Gasteiger partial charge in [-0.1, -0.05) is 42.5 Å². The smallest absolute Gasteiger partial charge is 0.326 e. The molecule has 0 bridgehead atoms. The van der Waals surface area contributed by atoms with E-state index in [-0.39, 0.29) is 18.1 Å². The molecule has 0 aliphatic carbocycles. The first kappa shape index (κ1) is 20.6. The number of hydrogen-bond acceptors (Lipinski definition) is 4. The van der Waals surface area contributed by atoms with Crippen molar-refractivity contribution in [1.82, 2.24) is 9.88 Å². The minimum absolute atomic E-state index is 0.0145. The summed E-state index contributed by atoms with van der Waals surface area (Å²) in [5.74, 6) is -0.385. The topological polar surface area (TPSA) is 60.3 Å². The summed E-state index contributed by atoms with van der Waals surface area (Å²) in [5.41, 5.74) is 0.573. The number of nitrogens with zero attached hydrogens (tertiary/aromatic N) is 1. The van der Waals surface area contributed by atoms with E-state index in [1.807, 2.05) is 36.4 Å². The van der Waals surface area contributed by atoms with Crippen LogP contribution < -0.4 is 10.9 Å². The summed E-state index contributed by atoms with van der Waals surface area (Å²) in [6.45, 7) is 6.33. The highest BCUT2D eigenvalue weighted by molar-refractivity contribution is 5.69. The molecule has 3 rings (SSSR count). The number of hydrogen-bond donors (Lipinski definition) is 1. The van der Waals surface area contributed by atoms with Crippen molar-refractivity contribution in [2.75, 3.05) is 19.7 Å². The first-order valence-corrected chi connectivity index (χ1v) is 8.68. The van der Waals surface area contributed by atoms with Gasteiger partial charge in [-0.2, -0.15) is 0 Å². The van der Waals surface area contributed by atoms with Crippen molar-refractivity contribution in [1.29, 1.82) is 0 Å². The van der Waals surface area contributed by atoms with Gasteiger partial charge in [0.05, 0.1) is 6.61 Å². The molecule has 5 nitrogen and oxygen atoms in total. The van der Waals surface area contributed by atoms with Gasteiger partial charge < -0.3 is 14.6 Å². The Morgan fingerprint density at radius 1 is 1.04 bits per heavy atom. The first-order chi connectivity index (χ1) is 12.1. The zero-order chi connectivity index (χ0) is 18.3. The number of ether oxygens (including phenoxy) is 1. The Hall–Kier alpha value is -2.40. The third-order valence-corrected chi connectivity index (χ3v) is 3.48. The average molecular weight is 344 g/mol. The van der Waals surface area contributed by atoms with Gasteiger partial charge in [-0.05, 0) is 45.8 Å². The highest BCUT2D eigenvalue weighted by Gasteiger charge is 2.06. The highest BCUT2D eigenvalue weighted by Crippen LogP contribution is 1.94. The van der Waals surface area contributed by atoms with E-state index in [1.54, 1.807) is 26.0 Å². The van der Waals surface area contributed by atoms with Gasteiger partial charge >= 0.3 is 5.97 Å². The molecule has 0 spiro atoms. The lowest BCUT2D eigenvalue weighted by Crippen LogP contribution is -2.26. The van der Waals surface area contributed by atoms with Gasteiger partial charge in [0.25, 0.3) is 5.56 Å². The van der Waals surface area contributed by atoms with Gasteiger partial charge in [-0.15, -0.1) is 0 Å². The van der Waals surface area contributed by atoms with Crippen LogP contribution in [0.15, 0.2) is 59.4 Å². The van der Waals surface area contributed by atoms with Crippen LogP contribution in [-0.4, -0.2) is 30.2 Å². The van der Waals surface area contributed by atoms with Crippen LogP contribution in [0.25, 0.3) is 0 Å². The molecule has 0 saturated carbocycles. The Morgan fingerprint density at radius 2 is 1.60 bits per heavy atom. The molecule has 1 aromatic heterocycles. The largest absolute Gasteiger partial charge is 0.465 e. The number of aryl methyl sites for hydroxylation is 1. The van der Waals surface area contributed by atoms with Crippen molar-refractivity contribution in [3.05, 3.63) is 70.6 Å². The van der Waals surface area contributed by atoms with E-state index in [0.29, 0.717) is 6.61 Å². The number of esters is 1. The third-order valence-electron chi connectivity index (χ3n) is 3.48. The number of carbonyl (C=O) groups excluding carboxylic acids is 1. The Bertz CT molecular complexity index is 615. The second kappa shape index (κ2) is 13.0. The number of aromatic nitrogens is 1. The maximum Gasteiger partial charge on any atom is 0.326 e. The van der Waals surface area contributed by atoms with Crippen LogP contribution in [0.2, 0.25) is 0 Å². The van der Waals surface area contributed by atoms with Crippen molar-refractivity contribution < 1.29 is 9.53 Å². The predicted octanol–water partition coefficient (Wildman–Crippen LogP) is 2.78. The number of pyridine rings is 1. The lowest BCUT2D eigenvalue weighted by Gasteiger charge is -2.07. The molecule has 5 heteroatoms. The monoisotopic (exact) mass is 344 g/mol. The van der Waals surface area contributed by atoms with Crippen molar-refractivity contribution >= 4 is 5.97 Å². The second-order valence-electron chi connectivity index (χ2n) is 5.51. The zero-order valence-electron chi connectivity index (χ0n) is 15.1. The summed E-state index contributed by atoms with van der Waals surface area (Å²) in [6, 6.07) is 16.9. The van der Waals surface area contributed by atoms with Gasteiger partial charge in [0, 0.05) is 11.8 Å². The van der Waals surface area contributed by atoms with Gasteiger partial charge in [0.1, 0.15) is 6.54 Å². The summed E-state index contributed by atoms with van der Waals surface area (Å²) in [6.07, 6.45) is 2.78. The molecule has 25 heavy (non-hydrogen) atoms. The van der Waals surface area contributed by atoms with E-state index < -0.39 is 0 Å². The van der Waals surface area contributed by atoms with Crippen LogP contribution in [0.1, 0.15) is 25.5 Å². The van der Waals surface area contributed by atoms with Gasteiger partial charge in [0.2, 0.25) is 0 Å². The van der Waals surface area contributed by atoms with E-state index in [4.69, 9.17) is 4.74 Å². The molecule has 0 radical (unpaired) electrons. The third kappa shape index (κ3) is 9.47. The molecule has 1 aliphatic rings.